The minimum Gasteiger partial charge on any atom is -0.294 e. The Labute approximate surface area is 98.1 Å². The summed E-state index contributed by atoms with van der Waals surface area (Å²) in [5.74, 6) is -0.459. The summed E-state index contributed by atoms with van der Waals surface area (Å²) in [6.45, 7) is 0. The van der Waals surface area contributed by atoms with Crippen molar-refractivity contribution in [1.82, 2.24) is 14.8 Å². The van der Waals surface area contributed by atoms with Gasteiger partial charge in [0, 0.05) is 31.2 Å². The van der Waals surface area contributed by atoms with Crippen LogP contribution < -0.4 is 0 Å². The fourth-order valence-electron chi connectivity index (χ4n) is 1.44. The Kier molecular flexibility index (Phi) is 3.09. The zero-order valence-corrected chi connectivity index (χ0v) is 9.33. The lowest BCUT2D eigenvalue weighted by molar-refractivity contribution is 0.0894. The highest BCUT2D eigenvalue weighted by atomic mass is 16.1. The lowest BCUT2D eigenvalue weighted by atomic mass is 10.1. The van der Waals surface area contributed by atoms with Crippen molar-refractivity contribution in [2.24, 2.45) is 7.05 Å². The van der Waals surface area contributed by atoms with Gasteiger partial charge in [-0.25, -0.2) is 0 Å². The molecule has 0 fully saturated rings. The summed E-state index contributed by atoms with van der Waals surface area (Å²) in [4.78, 5) is 27.3. The quantitative estimate of drug-likeness (QED) is 0.585. The van der Waals surface area contributed by atoms with Crippen molar-refractivity contribution in [3.05, 3.63) is 48.0 Å². The second-order valence-corrected chi connectivity index (χ2v) is 3.67. The third-order valence-corrected chi connectivity index (χ3v) is 2.33. The van der Waals surface area contributed by atoms with E-state index in [0.717, 1.165) is 0 Å². The van der Waals surface area contributed by atoms with E-state index >= 15 is 0 Å². The van der Waals surface area contributed by atoms with E-state index in [1.807, 2.05) is 0 Å². The van der Waals surface area contributed by atoms with E-state index in [0.29, 0.717) is 11.1 Å². The predicted molar refractivity (Wildman–Crippen MR) is 60.7 cm³/mol. The summed E-state index contributed by atoms with van der Waals surface area (Å²) in [6.07, 6.45) is 5.94. The third-order valence-electron chi connectivity index (χ3n) is 2.33. The Morgan fingerprint density at radius 1 is 1.24 bits per heavy atom. The zero-order chi connectivity index (χ0) is 12.3. The summed E-state index contributed by atoms with van der Waals surface area (Å²) < 4.78 is 1.53. The number of Topliss-reactive ketones (excluding diaryl/α,β-unsaturated/α-hetero) is 2. The van der Waals surface area contributed by atoms with Gasteiger partial charge in [0.1, 0.15) is 0 Å². The van der Waals surface area contributed by atoms with Crippen molar-refractivity contribution >= 4 is 11.6 Å². The topological polar surface area (TPSA) is 64.8 Å². The van der Waals surface area contributed by atoms with Crippen LogP contribution in [-0.4, -0.2) is 26.3 Å². The molecule has 0 saturated heterocycles. The van der Waals surface area contributed by atoms with E-state index < -0.39 is 0 Å². The molecule has 0 unspecified atom stereocenters. The maximum absolute atomic E-state index is 11.7. The smallest absolute Gasteiger partial charge is 0.173 e. The van der Waals surface area contributed by atoms with Gasteiger partial charge >= 0.3 is 0 Å². The fraction of sp³-hybridized carbons (Fsp3) is 0.167. The summed E-state index contributed by atoms with van der Waals surface area (Å²) >= 11 is 0. The van der Waals surface area contributed by atoms with E-state index in [2.05, 4.69) is 10.1 Å². The molecule has 0 spiro atoms. The van der Waals surface area contributed by atoms with Crippen molar-refractivity contribution in [3.8, 4) is 0 Å². The average molecular weight is 229 g/mol. The van der Waals surface area contributed by atoms with E-state index in [-0.39, 0.29) is 18.0 Å². The third kappa shape index (κ3) is 2.63. The Hall–Kier alpha value is -2.30. The highest BCUT2D eigenvalue weighted by molar-refractivity contribution is 6.13. The van der Waals surface area contributed by atoms with Crippen molar-refractivity contribution < 1.29 is 9.59 Å². The highest BCUT2D eigenvalue weighted by Crippen LogP contribution is 2.07. The molecule has 0 bridgehead atoms. The number of carbonyl (C=O) groups excluding carboxylic acids is 2. The van der Waals surface area contributed by atoms with Crippen LogP contribution in [-0.2, 0) is 7.05 Å². The van der Waals surface area contributed by atoms with E-state index in [9.17, 15) is 9.59 Å². The van der Waals surface area contributed by atoms with Crippen molar-refractivity contribution in [3.63, 3.8) is 0 Å². The number of rotatable bonds is 4. The first-order valence-electron chi connectivity index (χ1n) is 5.12. The minimum absolute atomic E-state index is 0.155. The first-order valence-corrected chi connectivity index (χ1v) is 5.12. The Balaban J connectivity index is 2.07. The molecule has 0 aliphatic heterocycles. The molecule has 0 radical (unpaired) electrons. The predicted octanol–water partition coefficient (Wildman–Crippen LogP) is 1.27. The van der Waals surface area contributed by atoms with Gasteiger partial charge in [0.15, 0.2) is 11.6 Å². The van der Waals surface area contributed by atoms with Gasteiger partial charge in [-0.3, -0.25) is 19.3 Å². The molecule has 0 N–H and O–H groups in total. The van der Waals surface area contributed by atoms with Gasteiger partial charge < -0.3 is 0 Å². The normalized spacial score (nSPS) is 10.2. The lowest BCUT2D eigenvalue weighted by Crippen LogP contribution is -2.08. The van der Waals surface area contributed by atoms with E-state index in [1.54, 1.807) is 31.6 Å². The molecule has 0 aliphatic rings. The van der Waals surface area contributed by atoms with Gasteiger partial charge in [0.05, 0.1) is 18.2 Å². The fourth-order valence-corrected chi connectivity index (χ4v) is 1.44. The molecule has 5 heteroatoms. The maximum atomic E-state index is 11.7. The van der Waals surface area contributed by atoms with Gasteiger partial charge in [0.2, 0.25) is 0 Å². The molecule has 2 heterocycles. The van der Waals surface area contributed by atoms with Crippen LogP contribution in [0.1, 0.15) is 27.1 Å². The first kappa shape index (κ1) is 11.2. The van der Waals surface area contributed by atoms with Crippen LogP contribution in [0, 0.1) is 0 Å². The summed E-state index contributed by atoms with van der Waals surface area (Å²) in [5, 5.41) is 3.89. The number of aromatic nitrogens is 3. The molecule has 0 atom stereocenters. The number of pyridine rings is 1. The number of nitrogens with zero attached hydrogens (tertiary/aromatic N) is 3. The monoisotopic (exact) mass is 229 g/mol. The zero-order valence-electron chi connectivity index (χ0n) is 9.33. The first-order chi connectivity index (χ1) is 8.16. The van der Waals surface area contributed by atoms with Crippen LogP contribution in [0.4, 0.5) is 0 Å². The number of carbonyl (C=O) groups is 2. The maximum Gasteiger partial charge on any atom is 0.173 e. The molecule has 86 valence electrons. The lowest BCUT2D eigenvalue weighted by Gasteiger charge is -1.98. The minimum atomic E-state index is -0.230. The van der Waals surface area contributed by atoms with E-state index in [4.69, 9.17) is 0 Å². The van der Waals surface area contributed by atoms with Gasteiger partial charge in [-0.2, -0.15) is 5.10 Å². The van der Waals surface area contributed by atoms with Gasteiger partial charge in [-0.15, -0.1) is 0 Å². The molecule has 0 amide bonds. The van der Waals surface area contributed by atoms with Crippen LogP contribution in [0.2, 0.25) is 0 Å². The van der Waals surface area contributed by atoms with Crippen LogP contribution in [0.5, 0.6) is 0 Å². The molecule has 0 aliphatic carbocycles. The SMILES string of the molecule is Cn1cc(C(=O)CC(=O)c2cccnc2)cn1. The van der Waals surface area contributed by atoms with Crippen LogP contribution >= 0.6 is 0 Å². The molecule has 0 saturated carbocycles. The molecule has 2 rings (SSSR count). The number of hydrogen-bond acceptors (Lipinski definition) is 4. The molecule has 5 nitrogen and oxygen atoms in total. The molecule has 17 heavy (non-hydrogen) atoms. The van der Waals surface area contributed by atoms with Gasteiger partial charge in [-0.05, 0) is 12.1 Å². The van der Waals surface area contributed by atoms with Crippen molar-refractivity contribution in [1.29, 1.82) is 0 Å². The second-order valence-electron chi connectivity index (χ2n) is 3.67. The van der Waals surface area contributed by atoms with Crippen molar-refractivity contribution in [2.45, 2.75) is 6.42 Å². The molecular weight excluding hydrogens is 218 g/mol. The Bertz CT molecular complexity index is 546. The summed E-state index contributed by atoms with van der Waals surface area (Å²) in [6, 6.07) is 3.31. The standard InChI is InChI=1S/C12H11N3O2/c1-15-8-10(7-14-15)12(17)5-11(16)9-3-2-4-13-6-9/h2-4,6-8H,5H2,1H3. The summed E-state index contributed by atoms with van der Waals surface area (Å²) in [5.41, 5.74) is 0.898. The number of hydrogen-bond donors (Lipinski definition) is 0. The van der Waals surface area contributed by atoms with Crippen LogP contribution in [0.25, 0.3) is 0 Å². The van der Waals surface area contributed by atoms with Crippen LogP contribution in [0.15, 0.2) is 36.9 Å². The van der Waals surface area contributed by atoms with Crippen LogP contribution in [0.3, 0.4) is 0 Å². The Morgan fingerprint density at radius 3 is 2.59 bits per heavy atom. The van der Waals surface area contributed by atoms with Gasteiger partial charge in [0.25, 0.3) is 0 Å². The highest BCUT2D eigenvalue weighted by Gasteiger charge is 2.14. The molecular formula is C12H11N3O2. The Morgan fingerprint density at radius 2 is 2.00 bits per heavy atom. The van der Waals surface area contributed by atoms with E-state index in [1.165, 1.54) is 17.1 Å². The average Bonchev–Trinajstić information content (AvgIpc) is 2.77. The van der Waals surface area contributed by atoms with Crippen molar-refractivity contribution in [2.75, 3.05) is 0 Å². The molecule has 0 aromatic carbocycles. The number of aryl methyl sites for hydroxylation is 1. The van der Waals surface area contributed by atoms with Gasteiger partial charge in [-0.1, -0.05) is 0 Å². The second kappa shape index (κ2) is 4.69. The molecule has 2 aromatic rings. The summed E-state index contributed by atoms with van der Waals surface area (Å²) in [7, 11) is 1.72. The molecule has 2 aromatic heterocycles. The number of ketones is 2. The largest absolute Gasteiger partial charge is 0.294 e.